The third-order valence-electron chi connectivity index (χ3n) is 1.99. The fraction of sp³-hybridized carbons (Fsp3) is 0.300. The molecule has 0 saturated heterocycles. The highest BCUT2D eigenvalue weighted by Gasteiger charge is 2.18. The summed E-state index contributed by atoms with van der Waals surface area (Å²) in [6.07, 6.45) is -0.0853. The van der Waals surface area contributed by atoms with Gasteiger partial charge in [-0.1, -0.05) is 6.07 Å². The number of rotatable bonds is 5. The molecule has 0 aliphatic heterocycles. The van der Waals surface area contributed by atoms with E-state index in [-0.39, 0.29) is 17.1 Å². The predicted octanol–water partition coefficient (Wildman–Crippen LogP) is -0.0656. The van der Waals surface area contributed by atoms with Gasteiger partial charge in [-0.2, -0.15) is 0 Å². The fourth-order valence-electron chi connectivity index (χ4n) is 1.33. The second kappa shape index (κ2) is 5.15. The van der Waals surface area contributed by atoms with Crippen LogP contribution in [-0.4, -0.2) is 25.5 Å². The van der Waals surface area contributed by atoms with Crippen LogP contribution in [0.1, 0.15) is 13.3 Å². The van der Waals surface area contributed by atoms with Crippen molar-refractivity contribution in [3.05, 3.63) is 24.3 Å². The second-order valence-corrected chi connectivity index (χ2v) is 5.40. The second-order valence-electron chi connectivity index (χ2n) is 3.69. The number of hydrogen-bond acceptors (Lipinski definition) is 4. The summed E-state index contributed by atoms with van der Waals surface area (Å²) in [5.41, 5.74) is 4.96. The Morgan fingerprint density at radius 2 is 2.18 bits per heavy atom. The zero-order chi connectivity index (χ0) is 13.1. The van der Waals surface area contributed by atoms with Gasteiger partial charge in [-0.25, -0.2) is 13.1 Å². The lowest BCUT2D eigenvalue weighted by Crippen LogP contribution is -2.35. The van der Waals surface area contributed by atoms with E-state index in [1.807, 2.05) is 0 Å². The molecule has 0 aromatic heterocycles. The van der Waals surface area contributed by atoms with Crippen LogP contribution in [0.3, 0.4) is 0 Å². The molecular formula is C10H14N2O4S. The summed E-state index contributed by atoms with van der Waals surface area (Å²) in [7, 11) is -3.75. The highest BCUT2D eigenvalue weighted by molar-refractivity contribution is 7.89. The number of benzene rings is 1. The number of hydrogen-bond donors (Lipinski definition) is 3. The number of amides is 1. The lowest BCUT2D eigenvalue weighted by Gasteiger charge is -2.12. The number of phenolic OH excluding ortho intramolecular Hbond substituents is 1. The Hall–Kier alpha value is -1.60. The average Bonchev–Trinajstić information content (AvgIpc) is 2.15. The molecule has 17 heavy (non-hydrogen) atoms. The van der Waals surface area contributed by atoms with Gasteiger partial charge in [0, 0.05) is 12.5 Å². The van der Waals surface area contributed by atoms with Crippen molar-refractivity contribution in [3.8, 4) is 5.75 Å². The largest absolute Gasteiger partial charge is 0.508 e. The van der Waals surface area contributed by atoms with Crippen molar-refractivity contribution in [2.24, 2.45) is 5.73 Å². The first-order valence-corrected chi connectivity index (χ1v) is 6.39. The summed E-state index contributed by atoms with van der Waals surface area (Å²) < 4.78 is 25.9. The molecule has 1 aromatic rings. The van der Waals surface area contributed by atoms with Crippen LogP contribution in [0, 0.1) is 0 Å². The third kappa shape index (κ3) is 4.04. The van der Waals surface area contributed by atoms with E-state index in [2.05, 4.69) is 4.72 Å². The molecule has 4 N–H and O–H groups in total. The highest BCUT2D eigenvalue weighted by atomic mass is 32.2. The molecule has 0 heterocycles. The van der Waals surface area contributed by atoms with Gasteiger partial charge in [-0.3, -0.25) is 4.79 Å². The number of nitrogens with two attached hydrogens (primary N) is 1. The molecule has 1 unspecified atom stereocenters. The molecule has 0 aliphatic carbocycles. The van der Waals surface area contributed by atoms with Crippen LogP contribution in [0.15, 0.2) is 29.2 Å². The zero-order valence-electron chi connectivity index (χ0n) is 9.25. The topological polar surface area (TPSA) is 109 Å². The highest BCUT2D eigenvalue weighted by Crippen LogP contribution is 2.16. The zero-order valence-corrected chi connectivity index (χ0v) is 10.1. The van der Waals surface area contributed by atoms with Gasteiger partial charge in [0.2, 0.25) is 15.9 Å². The first-order chi connectivity index (χ1) is 7.81. The average molecular weight is 258 g/mol. The molecule has 6 nitrogen and oxygen atoms in total. The number of primary amides is 1. The molecule has 0 spiro atoms. The van der Waals surface area contributed by atoms with E-state index in [0.29, 0.717) is 0 Å². The van der Waals surface area contributed by atoms with Crippen LogP contribution >= 0.6 is 0 Å². The lowest BCUT2D eigenvalue weighted by molar-refractivity contribution is -0.118. The quantitative estimate of drug-likeness (QED) is 0.687. The van der Waals surface area contributed by atoms with Crippen LogP contribution in [0.4, 0.5) is 0 Å². The third-order valence-corrected chi connectivity index (χ3v) is 3.58. The van der Waals surface area contributed by atoms with Crippen molar-refractivity contribution in [1.82, 2.24) is 4.72 Å². The summed E-state index contributed by atoms with van der Waals surface area (Å²) in [4.78, 5) is 10.6. The Bertz CT molecular complexity index is 513. The molecule has 1 amide bonds. The summed E-state index contributed by atoms with van der Waals surface area (Å²) in [6, 6.07) is 4.66. The summed E-state index contributed by atoms with van der Waals surface area (Å²) in [5, 5.41) is 9.19. The molecule has 94 valence electrons. The Labute approximate surface area is 99.5 Å². The van der Waals surface area contributed by atoms with Crippen molar-refractivity contribution in [2.75, 3.05) is 0 Å². The van der Waals surface area contributed by atoms with Crippen molar-refractivity contribution < 1.29 is 18.3 Å². The molecule has 1 atom stereocenters. The molecule has 1 aromatic carbocycles. The number of aromatic hydroxyl groups is 1. The summed E-state index contributed by atoms with van der Waals surface area (Å²) >= 11 is 0. The maximum Gasteiger partial charge on any atom is 0.240 e. The van der Waals surface area contributed by atoms with E-state index in [0.717, 1.165) is 6.07 Å². The molecule has 7 heteroatoms. The Morgan fingerprint density at radius 1 is 1.53 bits per heavy atom. The Kier molecular flexibility index (Phi) is 4.08. The SMILES string of the molecule is CC(CC(N)=O)NS(=O)(=O)c1cccc(O)c1. The summed E-state index contributed by atoms with van der Waals surface area (Å²) in [6.45, 7) is 1.53. The van der Waals surface area contributed by atoms with Crippen molar-refractivity contribution in [1.29, 1.82) is 0 Å². The van der Waals surface area contributed by atoms with Crippen LogP contribution in [0.5, 0.6) is 5.75 Å². The van der Waals surface area contributed by atoms with E-state index in [4.69, 9.17) is 5.73 Å². The predicted molar refractivity (Wildman–Crippen MR) is 61.7 cm³/mol. The van der Waals surface area contributed by atoms with E-state index < -0.39 is 22.0 Å². The summed E-state index contributed by atoms with van der Waals surface area (Å²) in [5.74, 6) is -0.730. The number of nitrogens with one attached hydrogen (secondary N) is 1. The molecule has 0 radical (unpaired) electrons. The minimum atomic E-state index is -3.75. The number of phenols is 1. The van der Waals surface area contributed by atoms with Gasteiger partial charge in [-0.05, 0) is 25.1 Å². The minimum Gasteiger partial charge on any atom is -0.508 e. The van der Waals surface area contributed by atoms with Crippen LogP contribution in [0.2, 0.25) is 0 Å². The van der Waals surface area contributed by atoms with Gasteiger partial charge in [0.25, 0.3) is 0 Å². The molecule has 0 saturated carbocycles. The monoisotopic (exact) mass is 258 g/mol. The van der Waals surface area contributed by atoms with Gasteiger partial charge >= 0.3 is 0 Å². The van der Waals surface area contributed by atoms with Crippen molar-refractivity contribution in [3.63, 3.8) is 0 Å². The molecular weight excluding hydrogens is 244 g/mol. The van der Waals surface area contributed by atoms with Gasteiger partial charge in [0.1, 0.15) is 5.75 Å². The maximum absolute atomic E-state index is 11.8. The van der Waals surface area contributed by atoms with E-state index in [1.54, 1.807) is 0 Å². The van der Waals surface area contributed by atoms with Crippen LogP contribution in [-0.2, 0) is 14.8 Å². The Morgan fingerprint density at radius 3 is 2.71 bits per heavy atom. The standard InChI is InChI=1S/C10H14N2O4S/c1-7(5-10(11)14)12-17(15,16)9-4-2-3-8(13)6-9/h2-4,6-7,12-13H,5H2,1H3,(H2,11,14). The van der Waals surface area contributed by atoms with Gasteiger partial charge < -0.3 is 10.8 Å². The first kappa shape index (κ1) is 13.5. The van der Waals surface area contributed by atoms with Gasteiger partial charge in [0.05, 0.1) is 4.90 Å². The number of carbonyl (C=O) groups excluding carboxylic acids is 1. The van der Waals surface area contributed by atoms with E-state index in [9.17, 15) is 18.3 Å². The van der Waals surface area contributed by atoms with Crippen LogP contribution < -0.4 is 10.5 Å². The van der Waals surface area contributed by atoms with Gasteiger partial charge in [0.15, 0.2) is 0 Å². The number of carbonyl (C=O) groups is 1. The van der Waals surface area contributed by atoms with Crippen molar-refractivity contribution in [2.45, 2.75) is 24.3 Å². The smallest absolute Gasteiger partial charge is 0.240 e. The van der Waals surface area contributed by atoms with E-state index in [1.165, 1.54) is 25.1 Å². The lowest BCUT2D eigenvalue weighted by atomic mass is 10.2. The number of sulfonamides is 1. The Balaban J connectivity index is 2.86. The van der Waals surface area contributed by atoms with Crippen LogP contribution in [0.25, 0.3) is 0 Å². The minimum absolute atomic E-state index is 0.0613. The normalized spacial score (nSPS) is 13.2. The first-order valence-electron chi connectivity index (χ1n) is 4.91. The maximum atomic E-state index is 11.8. The van der Waals surface area contributed by atoms with E-state index >= 15 is 0 Å². The fourth-order valence-corrected chi connectivity index (χ4v) is 2.61. The van der Waals surface area contributed by atoms with Gasteiger partial charge in [-0.15, -0.1) is 0 Å². The molecule has 0 bridgehead atoms. The molecule has 0 fully saturated rings. The van der Waals surface area contributed by atoms with Crippen molar-refractivity contribution >= 4 is 15.9 Å². The molecule has 0 aliphatic rings. The molecule has 1 rings (SSSR count).